The molecule has 1 aromatic carbocycles. The van der Waals surface area contributed by atoms with Gasteiger partial charge < -0.3 is 14.6 Å². The van der Waals surface area contributed by atoms with E-state index in [2.05, 4.69) is 4.74 Å². The van der Waals surface area contributed by atoms with Crippen LogP contribution in [0.2, 0.25) is 0 Å². The lowest BCUT2D eigenvalue weighted by molar-refractivity contribution is -0.137. The lowest BCUT2D eigenvalue weighted by Gasteiger charge is -2.03. The number of methoxy groups -OCH3 is 1. The molecule has 0 saturated carbocycles. The van der Waals surface area contributed by atoms with Crippen molar-refractivity contribution in [1.82, 2.24) is 0 Å². The fourth-order valence-corrected chi connectivity index (χ4v) is 0.968. The van der Waals surface area contributed by atoms with Gasteiger partial charge in [-0.15, -0.1) is 0 Å². The molecule has 0 aliphatic carbocycles. The number of ether oxygens (including phenoxy) is 2. The zero-order valence-corrected chi connectivity index (χ0v) is 8.10. The average Bonchev–Trinajstić information content (AvgIpc) is 2.28. The number of esters is 2. The van der Waals surface area contributed by atoms with E-state index in [9.17, 15) is 9.59 Å². The summed E-state index contributed by atoms with van der Waals surface area (Å²) in [6.45, 7) is -0.706. The van der Waals surface area contributed by atoms with Gasteiger partial charge in [-0.2, -0.15) is 0 Å². The summed E-state index contributed by atoms with van der Waals surface area (Å²) in [4.78, 5) is 21.9. The number of hydrogen-bond acceptors (Lipinski definition) is 5. The summed E-state index contributed by atoms with van der Waals surface area (Å²) in [5.41, 5.74) is 0.278. The Morgan fingerprint density at radius 1 is 1.40 bits per heavy atom. The van der Waals surface area contributed by atoms with Gasteiger partial charge in [0, 0.05) is 0 Å². The molecular weight excluding hydrogens is 200 g/mol. The normalized spacial score (nSPS) is 9.47. The summed E-state index contributed by atoms with van der Waals surface area (Å²) < 4.78 is 9.20. The van der Waals surface area contributed by atoms with Gasteiger partial charge in [0.2, 0.25) is 0 Å². The van der Waals surface area contributed by atoms with Crippen molar-refractivity contribution in [3.05, 3.63) is 29.8 Å². The molecule has 0 aromatic heterocycles. The lowest BCUT2D eigenvalue weighted by atomic mass is 10.2. The van der Waals surface area contributed by atoms with Crippen LogP contribution in [0.25, 0.3) is 0 Å². The Morgan fingerprint density at radius 2 is 2.13 bits per heavy atom. The molecule has 80 valence electrons. The second kappa shape index (κ2) is 5.11. The van der Waals surface area contributed by atoms with Crippen molar-refractivity contribution < 1.29 is 24.2 Å². The highest BCUT2D eigenvalue weighted by Crippen LogP contribution is 2.14. The second-order valence-corrected chi connectivity index (χ2v) is 2.65. The maximum absolute atomic E-state index is 11.1. The minimum absolute atomic E-state index is 0.192. The van der Waals surface area contributed by atoms with E-state index in [4.69, 9.17) is 9.84 Å². The van der Waals surface area contributed by atoms with Crippen LogP contribution in [0.3, 0.4) is 0 Å². The SMILES string of the molecule is COC(=O)c1cccc(OC(=O)CO)c1. The predicted molar refractivity (Wildman–Crippen MR) is 50.5 cm³/mol. The van der Waals surface area contributed by atoms with Crippen LogP contribution >= 0.6 is 0 Å². The first-order valence-electron chi connectivity index (χ1n) is 4.17. The van der Waals surface area contributed by atoms with Crippen molar-refractivity contribution in [3.8, 4) is 5.75 Å². The zero-order valence-electron chi connectivity index (χ0n) is 8.10. The van der Waals surface area contributed by atoms with Gasteiger partial charge in [-0.3, -0.25) is 0 Å². The quantitative estimate of drug-likeness (QED) is 0.576. The molecule has 0 saturated heterocycles. The zero-order chi connectivity index (χ0) is 11.3. The number of rotatable bonds is 3. The first kappa shape index (κ1) is 11.2. The van der Waals surface area contributed by atoms with Crippen LogP contribution in [0.5, 0.6) is 5.75 Å². The Morgan fingerprint density at radius 3 is 2.73 bits per heavy atom. The van der Waals surface area contributed by atoms with E-state index in [1.165, 1.54) is 25.3 Å². The van der Waals surface area contributed by atoms with Crippen LogP contribution in [0.4, 0.5) is 0 Å². The largest absolute Gasteiger partial charge is 0.465 e. The molecule has 0 aliphatic heterocycles. The minimum Gasteiger partial charge on any atom is -0.465 e. The molecule has 0 spiro atoms. The van der Waals surface area contributed by atoms with Gasteiger partial charge in [0.25, 0.3) is 0 Å². The standard InChI is InChI=1S/C10H10O5/c1-14-10(13)7-3-2-4-8(5-7)15-9(12)6-11/h2-5,11H,6H2,1H3. The van der Waals surface area contributed by atoms with Gasteiger partial charge >= 0.3 is 11.9 Å². The van der Waals surface area contributed by atoms with Crippen LogP contribution in [0.1, 0.15) is 10.4 Å². The Kier molecular flexibility index (Phi) is 3.82. The Labute approximate surface area is 86.2 Å². The summed E-state index contributed by atoms with van der Waals surface area (Å²) in [5, 5.41) is 8.45. The van der Waals surface area contributed by atoms with Crippen LogP contribution in [0, 0.1) is 0 Å². The highest BCUT2D eigenvalue weighted by Gasteiger charge is 2.08. The molecule has 0 amide bonds. The third-order valence-corrected chi connectivity index (χ3v) is 1.62. The van der Waals surface area contributed by atoms with Crippen molar-refractivity contribution in [2.75, 3.05) is 13.7 Å². The molecule has 1 rings (SSSR count). The number of carbonyl (C=O) groups is 2. The molecule has 0 atom stereocenters. The predicted octanol–water partition coefficient (Wildman–Crippen LogP) is 0.371. The molecule has 0 aliphatic rings. The maximum Gasteiger partial charge on any atom is 0.337 e. The van der Waals surface area contributed by atoms with Crippen LogP contribution in [-0.4, -0.2) is 30.8 Å². The first-order valence-corrected chi connectivity index (χ1v) is 4.17. The molecule has 15 heavy (non-hydrogen) atoms. The molecule has 5 heteroatoms. The third-order valence-electron chi connectivity index (χ3n) is 1.62. The number of aliphatic hydroxyl groups is 1. The summed E-state index contributed by atoms with van der Waals surface area (Å²) in [5.74, 6) is -1.11. The number of hydrogen-bond donors (Lipinski definition) is 1. The summed E-state index contributed by atoms with van der Waals surface area (Å²) >= 11 is 0. The van der Waals surface area contributed by atoms with Gasteiger partial charge in [-0.25, -0.2) is 9.59 Å². The molecule has 1 aromatic rings. The monoisotopic (exact) mass is 210 g/mol. The molecular formula is C10H10O5. The fraction of sp³-hybridized carbons (Fsp3) is 0.200. The highest BCUT2D eigenvalue weighted by atomic mass is 16.5. The Bertz CT molecular complexity index is 372. The average molecular weight is 210 g/mol. The maximum atomic E-state index is 11.1. The van der Waals surface area contributed by atoms with E-state index in [0.717, 1.165) is 0 Å². The van der Waals surface area contributed by atoms with Crippen LogP contribution in [0.15, 0.2) is 24.3 Å². The topological polar surface area (TPSA) is 72.8 Å². The van der Waals surface area contributed by atoms with Gasteiger partial charge in [0.05, 0.1) is 12.7 Å². The number of aliphatic hydroxyl groups excluding tert-OH is 1. The number of carbonyl (C=O) groups excluding carboxylic acids is 2. The molecule has 0 bridgehead atoms. The van der Waals surface area contributed by atoms with E-state index < -0.39 is 18.5 Å². The van der Waals surface area contributed by atoms with Crippen LogP contribution in [-0.2, 0) is 9.53 Å². The minimum atomic E-state index is -0.781. The molecule has 0 radical (unpaired) electrons. The smallest absolute Gasteiger partial charge is 0.337 e. The Balaban J connectivity index is 2.83. The molecule has 1 N–H and O–H groups in total. The van der Waals surface area contributed by atoms with Gasteiger partial charge in [0.1, 0.15) is 12.4 Å². The van der Waals surface area contributed by atoms with Crippen molar-refractivity contribution in [2.45, 2.75) is 0 Å². The van der Waals surface area contributed by atoms with Crippen molar-refractivity contribution >= 4 is 11.9 Å². The van der Waals surface area contributed by atoms with E-state index >= 15 is 0 Å². The lowest BCUT2D eigenvalue weighted by Crippen LogP contribution is -2.12. The molecule has 5 nitrogen and oxygen atoms in total. The fourth-order valence-electron chi connectivity index (χ4n) is 0.968. The van der Waals surface area contributed by atoms with E-state index in [1.54, 1.807) is 6.07 Å². The van der Waals surface area contributed by atoms with Crippen LogP contribution < -0.4 is 4.74 Å². The van der Waals surface area contributed by atoms with Crippen molar-refractivity contribution in [3.63, 3.8) is 0 Å². The molecule has 0 unspecified atom stereocenters. The summed E-state index contributed by atoms with van der Waals surface area (Å²) in [7, 11) is 1.26. The first-order chi connectivity index (χ1) is 7.17. The van der Waals surface area contributed by atoms with Gasteiger partial charge in [-0.05, 0) is 18.2 Å². The molecule has 0 fully saturated rings. The molecule has 0 heterocycles. The van der Waals surface area contributed by atoms with Crippen molar-refractivity contribution in [2.24, 2.45) is 0 Å². The number of benzene rings is 1. The van der Waals surface area contributed by atoms with E-state index in [1.807, 2.05) is 0 Å². The Hall–Kier alpha value is -1.88. The van der Waals surface area contributed by atoms with Gasteiger partial charge in [-0.1, -0.05) is 6.07 Å². The van der Waals surface area contributed by atoms with E-state index in [0.29, 0.717) is 0 Å². The van der Waals surface area contributed by atoms with Gasteiger partial charge in [0.15, 0.2) is 0 Å². The van der Waals surface area contributed by atoms with E-state index in [-0.39, 0.29) is 11.3 Å². The highest BCUT2D eigenvalue weighted by molar-refractivity contribution is 5.90. The third kappa shape index (κ3) is 3.07. The summed E-state index contributed by atoms with van der Waals surface area (Å²) in [6, 6.07) is 5.94. The second-order valence-electron chi connectivity index (χ2n) is 2.65. The summed E-state index contributed by atoms with van der Waals surface area (Å²) in [6.07, 6.45) is 0. The van der Waals surface area contributed by atoms with Crippen molar-refractivity contribution in [1.29, 1.82) is 0 Å².